The van der Waals surface area contributed by atoms with Crippen molar-refractivity contribution in [1.82, 2.24) is 34.6 Å². The Hall–Kier alpha value is -3.07. The molecule has 3 fully saturated rings. The van der Waals surface area contributed by atoms with E-state index in [0.29, 0.717) is 49.0 Å². The summed E-state index contributed by atoms with van der Waals surface area (Å²) in [5.74, 6) is 0.640. The lowest BCUT2D eigenvalue weighted by molar-refractivity contribution is -0.137. The predicted octanol–water partition coefficient (Wildman–Crippen LogP) is -0.351. The fourth-order valence-corrected chi connectivity index (χ4v) is 5.61. The van der Waals surface area contributed by atoms with Crippen LogP contribution in [0.25, 0.3) is 11.2 Å². The molecule has 0 aromatic carbocycles. The van der Waals surface area contributed by atoms with Gasteiger partial charge in [-0.25, -0.2) is 19.7 Å². The Morgan fingerprint density at radius 2 is 1.95 bits per heavy atom. The molecular formula is C25H38N8O6. The maximum absolute atomic E-state index is 12.5. The number of imidazole rings is 1. The Bertz CT molecular complexity index is 1180. The Balaban J connectivity index is 1.19. The number of nitrogens with two attached hydrogens (primary N) is 1. The predicted molar refractivity (Wildman–Crippen MR) is 139 cm³/mol. The number of hydrogen-bond acceptors (Lipinski definition) is 11. The Morgan fingerprint density at radius 3 is 2.64 bits per heavy atom. The van der Waals surface area contributed by atoms with Crippen molar-refractivity contribution in [3.8, 4) is 0 Å². The molecule has 5 rings (SSSR count). The molecule has 3 aliphatic heterocycles. The van der Waals surface area contributed by atoms with E-state index < -0.39 is 30.4 Å². The van der Waals surface area contributed by atoms with Crippen molar-refractivity contribution in [3.63, 3.8) is 0 Å². The van der Waals surface area contributed by atoms with Crippen molar-refractivity contribution in [2.24, 2.45) is 5.92 Å². The van der Waals surface area contributed by atoms with E-state index in [2.05, 4.69) is 25.2 Å². The van der Waals surface area contributed by atoms with E-state index in [1.54, 1.807) is 11.8 Å². The third kappa shape index (κ3) is 5.78. The molecule has 5 atom stereocenters. The van der Waals surface area contributed by atoms with Crippen LogP contribution in [0.3, 0.4) is 0 Å². The maximum Gasteiger partial charge on any atom is 0.410 e. The molecule has 3 saturated heterocycles. The SMILES string of the molecule is CCNC(=O)[C@H]1O[C@@H](n2cnc3c(N)nc(CCC4CCN(C(=O)OC5CCN(C)C5)CC4)nc32)C(O)C1O. The number of ether oxygens (including phenoxy) is 2. The van der Waals surface area contributed by atoms with Crippen molar-refractivity contribution in [2.45, 2.75) is 69.7 Å². The quantitative estimate of drug-likeness (QED) is 0.356. The second kappa shape index (κ2) is 11.6. The number of aliphatic hydroxyl groups is 2. The molecule has 3 unspecified atom stereocenters. The van der Waals surface area contributed by atoms with Crippen LogP contribution in [0.4, 0.5) is 10.6 Å². The molecule has 14 nitrogen and oxygen atoms in total. The summed E-state index contributed by atoms with van der Waals surface area (Å²) in [6, 6.07) is 0. The molecule has 2 aromatic rings. The minimum Gasteiger partial charge on any atom is -0.445 e. The van der Waals surface area contributed by atoms with Gasteiger partial charge in [0, 0.05) is 39.1 Å². The average Bonchev–Trinajstić information content (AvgIpc) is 3.61. The van der Waals surface area contributed by atoms with Crippen molar-refractivity contribution >= 4 is 29.0 Å². The highest BCUT2D eigenvalue weighted by atomic mass is 16.6. The van der Waals surface area contributed by atoms with Gasteiger partial charge < -0.3 is 40.5 Å². The fraction of sp³-hybridized carbons (Fsp3) is 0.720. The highest BCUT2D eigenvalue weighted by Gasteiger charge is 2.47. The van der Waals surface area contributed by atoms with E-state index in [-0.39, 0.29) is 18.0 Å². The highest BCUT2D eigenvalue weighted by molar-refractivity contribution is 5.83. The molecule has 3 aliphatic rings. The maximum atomic E-state index is 12.5. The summed E-state index contributed by atoms with van der Waals surface area (Å²) in [6.07, 6.45) is 0.156. The number of nitrogen functional groups attached to an aromatic ring is 1. The van der Waals surface area contributed by atoms with Gasteiger partial charge in [0.25, 0.3) is 5.91 Å². The van der Waals surface area contributed by atoms with Gasteiger partial charge in [-0.1, -0.05) is 0 Å². The first-order valence-electron chi connectivity index (χ1n) is 13.7. The van der Waals surface area contributed by atoms with Crippen molar-refractivity contribution < 1.29 is 29.3 Å². The van der Waals surface area contributed by atoms with Crippen molar-refractivity contribution in [2.75, 3.05) is 45.5 Å². The van der Waals surface area contributed by atoms with E-state index in [9.17, 15) is 19.8 Å². The average molecular weight is 547 g/mol. The third-order valence-electron chi connectivity index (χ3n) is 7.88. The van der Waals surface area contributed by atoms with E-state index in [4.69, 9.17) is 15.2 Å². The lowest BCUT2D eigenvalue weighted by Gasteiger charge is -2.32. The summed E-state index contributed by atoms with van der Waals surface area (Å²) in [4.78, 5) is 42.1. The number of rotatable bonds is 7. The number of nitrogens with one attached hydrogen (secondary N) is 1. The minimum atomic E-state index is -1.40. The Kier molecular flexibility index (Phi) is 8.16. The molecule has 14 heteroatoms. The van der Waals surface area contributed by atoms with Crippen LogP contribution in [-0.2, 0) is 20.7 Å². The van der Waals surface area contributed by atoms with Gasteiger partial charge in [-0.05, 0) is 45.6 Å². The number of aromatic nitrogens is 4. The number of fused-ring (bicyclic) bond motifs is 1. The monoisotopic (exact) mass is 546 g/mol. The normalized spacial score (nSPS) is 28.3. The van der Waals surface area contributed by atoms with Crippen LogP contribution in [0.2, 0.25) is 0 Å². The van der Waals surface area contributed by atoms with E-state index in [1.807, 2.05) is 7.05 Å². The van der Waals surface area contributed by atoms with Crippen LogP contribution in [-0.4, -0.2) is 116 Å². The second-order valence-corrected chi connectivity index (χ2v) is 10.7. The second-order valence-electron chi connectivity index (χ2n) is 10.7. The van der Waals surface area contributed by atoms with Gasteiger partial charge in [-0.2, -0.15) is 0 Å². The topological polar surface area (TPSA) is 181 Å². The van der Waals surface area contributed by atoms with Gasteiger partial charge in [-0.3, -0.25) is 9.36 Å². The molecule has 0 saturated carbocycles. The molecule has 0 aliphatic carbocycles. The molecule has 0 bridgehead atoms. The van der Waals surface area contributed by atoms with Gasteiger partial charge in [0.15, 0.2) is 23.8 Å². The van der Waals surface area contributed by atoms with Gasteiger partial charge in [0.05, 0.1) is 6.33 Å². The number of likely N-dealkylation sites (N-methyl/N-ethyl adjacent to an activating group) is 2. The number of aliphatic hydroxyl groups excluding tert-OH is 2. The lowest BCUT2D eigenvalue weighted by Crippen LogP contribution is -2.42. The first-order valence-corrected chi connectivity index (χ1v) is 13.7. The van der Waals surface area contributed by atoms with Crippen LogP contribution in [0.15, 0.2) is 6.33 Å². The van der Waals surface area contributed by atoms with E-state index >= 15 is 0 Å². The molecule has 214 valence electrons. The number of likely N-dealkylation sites (tertiary alicyclic amines) is 2. The van der Waals surface area contributed by atoms with E-state index in [0.717, 1.165) is 38.8 Å². The first-order chi connectivity index (χ1) is 18.7. The summed E-state index contributed by atoms with van der Waals surface area (Å²) < 4.78 is 12.9. The number of carbonyl (C=O) groups excluding carboxylic acids is 2. The summed E-state index contributed by atoms with van der Waals surface area (Å²) >= 11 is 0. The molecule has 39 heavy (non-hydrogen) atoms. The summed E-state index contributed by atoms with van der Waals surface area (Å²) in [5, 5.41) is 23.6. The number of carbonyl (C=O) groups is 2. The summed E-state index contributed by atoms with van der Waals surface area (Å²) in [6.45, 7) is 5.18. The largest absolute Gasteiger partial charge is 0.445 e. The zero-order valence-electron chi connectivity index (χ0n) is 22.4. The van der Waals surface area contributed by atoms with Crippen molar-refractivity contribution in [3.05, 3.63) is 12.2 Å². The summed E-state index contributed by atoms with van der Waals surface area (Å²) in [5.41, 5.74) is 6.89. The molecule has 0 radical (unpaired) electrons. The van der Waals surface area contributed by atoms with Crippen molar-refractivity contribution in [1.29, 1.82) is 0 Å². The van der Waals surface area contributed by atoms with Crippen LogP contribution in [0, 0.1) is 5.92 Å². The molecule has 5 N–H and O–H groups in total. The first kappa shape index (κ1) is 27.5. The minimum absolute atomic E-state index is 0.0235. The van der Waals surface area contributed by atoms with Crippen LogP contribution < -0.4 is 11.1 Å². The van der Waals surface area contributed by atoms with Crippen LogP contribution in [0.5, 0.6) is 0 Å². The third-order valence-corrected chi connectivity index (χ3v) is 7.88. The van der Waals surface area contributed by atoms with Crippen LogP contribution in [0.1, 0.15) is 44.7 Å². The number of amides is 2. The van der Waals surface area contributed by atoms with Crippen LogP contribution >= 0.6 is 0 Å². The lowest BCUT2D eigenvalue weighted by atomic mass is 9.92. The molecular weight excluding hydrogens is 508 g/mol. The number of hydrogen-bond donors (Lipinski definition) is 4. The zero-order valence-corrected chi connectivity index (χ0v) is 22.4. The molecule has 2 amide bonds. The number of nitrogens with zero attached hydrogens (tertiary/aromatic N) is 6. The number of piperidine rings is 1. The highest BCUT2D eigenvalue weighted by Crippen LogP contribution is 2.32. The number of aryl methyl sites for hydroxylation is 1. The molecule has 2 aromatic heterocycles. The van der Waals surface area contributed by atoms with Gasteiger partial charge in [-0.15, -0.1) is 0 Å². The van der Waals surface area contributed by atoms with E-state index in [1.165, 1.54) is 10.9 Å². The zero-order chi connectivity index (χ0) is 27.7. The Labute approximate surface area is 226 Å². The fourth-order valence-electron chi connectivity index (χ4n) is 5.61. The Morgan fingerprint density at radius 1 is 1.18 bits per heavy atom. The molecule has 5 heterocycles. The summed E-state index contributed by atoms with van der Waals surface area (Å²) in [7, 11) is 2.03. The number of anilines is 1. The standard InChI is InChI=1S/C25H38N8O6/c1-3-27-23(36)20-18(34)19(35)24(39-20)33-13-28-17-21(26)29-16(30-22(17)33)5-4-14-6-10-32(11-7-14)25(37)38-15-8-9-31(2)12-15/h13-15,18-20,24,34-35H,3-12H2,1-2H3,(H,27,36)(H2,26,29,30)/t15?,18?,19?,20-,24+/m0/s1. The van der Waals surface area contributed by atoms with Gasteiger partial charge in [0.1, 0.15) is 29.7 Å². The molecule has 0 spiro atoms. The van der Waals surface area contributed by atoms with Gasteiger partial charge >= 0.3 is 6.09 Å². The smallest absolute Gasteiger partial charge is 0.410 e. The van der Waals surface area contributed by atoms with Gasteiger partial charge in [0.2, 0.25) is 0 Å².